The molecule has 0 heterocycles. The second-order valence-electron chi connectivity index (χ2n) is 4.37. The van der Waals surface area contributed by atoms with Gasteiger partial charge in [-0.3, -0.25) is 14.5 Å². The molecule has 0 aromatic heterocycles. The minimum absolute atomic E-state index is 0.0330. The molecule has 0 saturated heterocycles. The molecule has 0 bridgehead atoms. The van der Waals surface area contributed by atoms with E-state index in [2.05, 4.69) is 11.9 Å². The van der Waals surface area contributed by atoms with Crippen LogP contribution in [0.2, 0.25) is 0 Å². The van der Waals surface area contributed by atoms with Crippen LogP contribution in [0.15, 0.2) is 12.7 Å². The Morgan fingerprint density at radius 1 is 1.47 bits per heavy atom. The van der Waals surface area contributed by atoms with E-state index in [4.69, 9.17) is 5.11 Å². The van der Waals surface area contributed by atoms with Crippen LogP contribution >= 0.6 is 0 Å². The summed E-state index contributed by atoms with van der Waals surface area (Å²) < 4.78 is 0. The van der Waals surface area contributed by atoms with Crippen molar-refractivity contribution in [2.24, 2.45) is 5.92 Å². The maximum absolute atomic E-state index is 11.5. The zero-order valence-electron chi connectivity index (χ0n) is 10.6. The Labute approximate surface area is 102 Å². The fourth-order valence-corrected chi connectivity index (χ4v) is 1.25. The van der Waals surface area contributed by atoms with Crippen molar-refractivity contribution < 1.29 is 14.7 Å². The van der Waals surface area contributed by atoms with Crippen molar-refractivity contribution in [1.29, 1.82) is 0 Å². The van der Waals surface area contributed by atoms with E-state index in [1.165, 1.54) is 0 Å². The van der Waals surface area contributed by atoms with Crippen LogP contribution in [0.4, 0.5) is 0 Å². The fourth-order valence-electron chi connectivity index (χ4n) is 1.25. The standard InChI is InChI=1S/C12H22N2O3/c1-4-6-14(7-5-12(16)17)9-11(15)13-8-10(2)3/h4,10H,1,5-9H2,2-3H3,(H,13,15)(H,16,17). The lowest BCUT2D eigenvalue weighted by Crippen LogP contribution is -2.39. The Morgan fingerprint density at radius 3 is 2.59 bits per heavy atom. The van der Waals surface area contributed by atoms with Gasteiger partial charge >= 0.3 is 5.97 Å². The molecular weight excluding hydrogens is 220 g/mol. The zero-order valence-corrected chi connectivity index (χ0v) is 10.6. The van der Waals surface area contributed by atoms with Gasteiger partial charge in [-0.1, -0.05) is 19.9 Å². The predicted octanol–water partition coefficient (Wildman–Crippen LogP) is 0.721. The van der Waals surface area contributed by atoms with Crippen molar-refractivity contribution in [1.82, 2.24) is 10.2 Å². The summed E-state index contributed by atoms with van der Waals surface area (Å²) in [5.74, 6) is -0.529. The Balaban J connectivity index is 4.00. The second-order valence-corrected chi connectivity index (χ2v) is 4.37. The molecule has 17 heavy (non-hydrogen) atoms. The maximum Gasteiger partial charge on any atom is 0.304 e. The first-order chi connectivity index (χ1) is 7.95. The number of nitrogens with zero attached hydrogens (tertiary/aromatic N) is 1. The molecule has 0 aliphatic carbocycles. The highest BCUT2D eigenvalue weighted by Gasteiger charge is 2.10. The lowest BCUT2D eigenvalue weighted by atomic mass is 10.2. The highest BCUT2D eigenvalue weighted by Crippen LogP contribution is 1.93. The molecule has 5 heteroatoms. The molecular formula is C12H22N2O3. The number of carboxylic acids is 1. The van der Waals surface area contributed by atoms with Crippen LogP contribution in [0.3, 0.4) is 0 Å². The topological polar surface area (TPSA) is 69.6 Å². The van der Waals surface area contributed by atoms with Crippen LogP contribution < -0.4 is 5.32 Å². The zero-order chi connectivity index (χ0) is 13.3. The first-order valence-electron chi connectivity index (χ1n) is 5.77. The molecule has 0 radical (unpaired) electrons. The number of nitrogens with one attached hydrogen (secondary N) is 1. The van der Waals surface area contributed by atoms with E-state index >= 15 is 0 Å². The van der Waals surface area contributed by atoms with E-state index < -0.39 is 5.97 Å². The lowest BCUT2D eigenvalue weighted by Gasteiger charge is -2.19. The molecule has 0 aromatic carbocycles. The Kier molecular flexibility index (Phi) is 8.05. The minimum atomic E-state index is -0.860. The van der Waals surface area contributed by atoms with Crippen LogP contribution in [0.25, 0.3) is 0 Å². The van der Waals surface area contributed by atoms with Crippen LogP contribution in [-0.2, 0) is 9.59 Å². The van der Waals surface area contributed by atoms with Gasteiger partial charge in [0.1, 0.15) is 0 Å². The first kappa shape index (κ1) is 15.6. The molecule has 0 unspecified atom stereocenters. The van der Waals surface area contributed by atoms with Gasteiger partial charge in [0.05, 0.1) is 13.0 Å². The second kappa shape index (κ2) is 8.75. The van der Waals surface area contributed by atoms with Gasteiger partial charge < -0.3 is 10.4 Å². The van der Waals surface area contributed by atoms with Crippen LogP contribution in [0.1, 0.15) is 20.3 Å². The third kappa shape index (κ3) is 9.56. The minimum Gasteiger partial charge on any atom is -0.481 e. The van der Waals surface area contributed by atoms with Crippen molar-refractivity contribution in [3.63, 3.8) is 0 Å². The van der Waals surface area contributed by atoms with Gasteiger partial charge in [-0.2, -0.15) is 0 Å². The van der Waals surface area contributed by atoms with Gasteiger partial charge in [0.25, 0.3) is 0 Å². The summed E-state index contributed by atoms with van der Waals surface area (Å²) in [4.78, 5) is 23.8. The smallest absolute Gasteiger partial charge is 0.304 e. The average Bonchev–Trinajstić information content (AvgIpc) is 2.23. The summed E-state index contributed by atoms with van der Waals surface area (Å²) in [6.45, 7) is 9.36. The van der Waals surface area contributed by atoms with Gasteiger partial charge in [-0.15, -0.1) is 6.58 Å². The molecule has 0 atom stereocenters. The molecule has 98 valence electrons. The van der Waals surface area contributed by atoms with Gasteiger partial charge in [0.2, 0.25) is 5.91 Å². The maximum atomic E-state index is 11.5. The molecule has 0 aliphatic rings. The van der Waals surface area contributed by atoms with E-state index in [0.717, 1.165) is 0 Å². The summed E-state index contributed by atoms with van der Waals surface area (Å²) in [5.41, 5.74) is 0. The van der Waals surface area contributed by atoms with Crippen molar-refractivity contribution in [2.75, 3.05) is 26.2 Å². The van der Waals surface area contributed by atoms with E-state index in [9.17, 15) is 9.59 Å². The average molecular weight is 242 g/mol. The number of hydrogen-bond donors (Lipinski definition) is 2. The predicted molar refractivity (Wildman–Crippen MR) is 66.7 cm³/mol. The number of carbonyl (C=O) groups excluding carboxylic acids is 1. The third-order valence-corrected chi connectivity index (χ3v) is 2.10. The van der Waals surface area contributed by atoms with Crippen molar-refractivity contribution >= 4 is 11.9 Å². The third-order valence-electron chi connectivity index (χ3n) is 2.10. The molecule has 0 spiro atoms. The number of aliphatic carboxylic acids is 1. The molecule has 0 fully saturated rings. The number of rotatable bonds is 9. The van der Waals surface area contributed by atoms with Crippen LogP contribution in [0.5, 0.6) is 0 Å². The van der Waals surface area contributed by atoms with Crippen molar-refractivity contribution in [3.8, 4) is 0 Å². The number of hydrogen-bond acceptors (Lipinski definition) is 3. The van der Waals surface area contributed by atoms with E-state index in [-0.39, 0.29) is 18.9 Å². The summed E-state index contributed by atoms with van der Waals surface area (Å²) in [6.07, 6.45) is 1.70. The van der Waals surface area contributed by atoms with E-state index in [1.807, 2.05) is 13.8 Å². The largest absolute Gasteiger partial charge is 0.481 e. The molecule has 0 aromatic rings. The lowest BCUT2D eigenvalue weighted by molar-refractivity contribution is -0.137. The summed E-state index contributed by atoms with van der Waals surface area (Å²) >= 11 is 0. The number of carboxylic acid groups (broad SMARTS) is 1. The molecule has 0 saturated carbocycles. The normalized spacial score (nSPS) is 10.6. The highest BCUT2D eigenvalue weighted by atomic mass is 16.4. The van der Waals surface area contributed by atoms with Crippen molar-refractivity contribution in [3.05, 3.63) is 12.7 Å². The Hall–Kier alpha value is -1.36. The molecule has 5 nitrogen and oxygen atoms in total. The van der Waals surface area contributed by atoms with Crippen LogP contribution in [-0.4, -0.2) is 48.1 Å². The Morgan fingerprint density at radius 2 is 2.12 bits per heavy atom. The molecule has 0 rings (SSSR count). The van der Waals surface area contributed by atoms with Gasteiger partial charge in [-0.25, -0.2) is 0 Å². The summed E-state index contributed by atoms with van der Waals surface area (Å²) in [6, 6.07) is 0. The van der Waals surface area contributed by atoms with E-state index in [0.29, 0.717) is 25.6 Å². The summed E-state index contributed by atoms with van der Waals surface area (Å²) in [7, 11) is 0. The van der Waals surface area contributed by atoms with E-state index in [1.54, 1.807) is 11.0 Å². The summed E-state index contributed by atoms with van der Waals surface area (Å²) in [5, 5.41) is 11.4. The molecule has 0 aliphatic heterocycles. The van der Waals surface area contributed by atoms with Gasteiger partial charge in [0, 0.05) is 19.6 Å². The van der Waals surface area contributed by atoms with Crippen LogP contribution in [0, 0.1) is 5.92 Å². The van der Waals surface area contributed by atoms with Crippen molar-refractivity contribution in [2.45, 2.75) is 20.3 Å². The molecule has 2 N–H and O–H groups in total. The van der Waals surface area contributed by atoms with Gasteiger partial charge in [0.15, 0.2) is 0 Å². The number of amides is 1. The fraction of sp³-hybridized carbons (Fsp3) is 0.667. The number of carbonyl (C=O) groups is 2. The molecule has 1 amide bonds. The first-order valence-corrected chi connectivity index (χ1v) is 5.77. The Bertz CT molecular complexity index is 264. The quantitative estimate of drug-likeness (QED) is 0.585. The van der Waals surface area contributed by atoms with Gasteiger partial charge in [-0.05, 0) is 5.92 Å². The monoisotopic (exact) mass is 242 g/mol. The highest BCUT2D eigenvalue weighted by molar-refractivity contribution is 5.78. The SMILES string of the molecule is C=CCN(CCC(=O)O)CC(=O)NCC(C)C.